The van der Waals surface area contributed by atoms with Gasteiger partial charge < -0.3 is 4.74 Å². The molecule has 0 spiro atoms. The van der Waals surface area contributed by atoms with Crippen molar-refractivity contribution in [1.82, 2.24) is 9.80 Å². The highest BCUT2D eigenvalue weighted by Crippen LogP contribution is 2.13. The predicted molar refractivity (Wildman–Crippen MR) is 72.2 cm³/mol. The lowest BCUT2D eigenvalue weighted by molar-refractivity contribution is -0.159. The van der Waals surface area contributed by atoms with Crippen LogP contribution in [0.4, 0.5) is 0 Å². The third kappa shape index (κ3) is 4.21. The van der Waals surface area contributed by atoms with E-state index in [-0.39, 0.29) is 75.2 Å². The number of hydrogen-bond acceptors (Lipinski definition) is 7. The fourth-order valence-corrected chi connectivity index (χ4v) is 2.38. The highest BCUT2D eigenvalue weighted by atomic mass is 16.6. The first kappa shape index (κ1) is 16.8. The van der Waals surface area contributed by atoms with E-state index < -0.39 is 11.9 Å². The molecule has 0 radical (unpaired) electrons. The first-order valence-electron chi connectivity index (χ1n) is 7.28. The molecule has 0 saturated carbocycles. The van der Waals surface area contributed by atoms with Gasteiger partial charge in [0.05, 0.1) is 12.8 Å². The topological polar surface area (TPSA) is 118 Å². The number of hydrogen-bond donors (Lipinski definition) is 0. The van der Waals surface area contributed by atoms with Crippen LogP contribution in [-0.2, 0) is 33.5 Å². The van der Waals surface area contributed by atoms with Gasteiger partial charge >= 0.3 is 11.9 Å². The van der Waals surface area contributed by atoms with Gasteiger partial charge in [-0.3, -0.25) is 38.6 Å². The molecule has 2 saturated heterocycles. The standard InChI is InChI=1S/C14H16N2O7/c17-9-1-2-10(18)15(9)7-5-13(21)23-14(22)6-8-16-11(19)3-4-12(16)20/h1-8H2. The average molecular weight is 324 g/mol. The zero-order valence-electron chi connectivity index (χ0n) is 12.4. The summed E-state index contributed by atoms with van der Waals surface area (Å²) in [5.41, 5.74) is 0. The van der Waals surface area contributed by atoms with Crippen molar-refractivity contribution < 1.29 is 33.5 Å². The molecule has 0 aliphatic carbocycles. The number of carbonyl (C=O) groups excluding carboxylic acids is 6. The molecule has 0 aromatic carbocycles. The molecule has 9 nitrogen and oxygen atoms in total. The van der Waals surface area contributed by atoms with Crippen molar-refractivity contribution in [3.8, 4) is 0 Å². The molecule has 0 aromatic heterocycles. The summed E-state index contributed by atoms with van der Waals surface area (Å²) < 4.78 is 4.53. The Morgan fingerprint density at radius 2 is 1.00 bits per heavy atom. The van der Waals surface area contributed by atoms with E-state index >= 15 is 0 Å². The molecular formula is C14H16N2O7. The van der Waals surface area contributed by atoms with Crippen LogP contribution in [0.5, 0.6) is 0 Å². The molecule has 9 heteroatoms. The molecule has 2 aliphatic heterocycles. The number of ether oxygens (including phenoxy) is 1. The first-order chi connectivity index (χ1) is 10.9. The molecule has 0 bridgehead atoms. The Kier molecular flexibility index (Phi) is 5.20. The number of imide groups is 2. The van der Waals surface area contributed by atoms with Gasteiger partial charge in [0.1, 0.15) is 0 Å². The fraction of sp³-hybridized carbons (Fsp3) is 0.571. The monoisotopic (exact) mass is 324 g/mol. The number of amides is 4. The number of esters is 2. The summed E-state index contributed by atoms with van der Waals surface area (Å²) in [5, 5.41) is 0. The van der Waals surface area contributed by atoms with Crippen LogP contribution in [0.15, 0.2) is 0 Å². The lowest BCUT2D eigenvalue weighted by Gasteiger charge is -2.13. The molecule has 0 unspecified atom stereocenters. The molecule has 23 heavy (non-hydrogen) atoms. The molecule has 124 valence electrons. The highest BCUT2D eigenvalue weighted by molar-refractivity contribution is 6.03. The number of likely N-dealkylation sites (tertiary alicyclic amines) is 2. The van der Waals surface area contributed by atoms with Gasteiger partial charge in [-0.05, 0) is 0 Å². The predicted octanol–water partition coefficient (Wildman–Crippen LogP) is -0.866. The van der Waals surface area contributed by atoms with Gasteiger partial charge in [-0.15, -0.1) is 0 Å². The van der Waals surface area contributed by atoms with Crippen LogP contribution in [0.1, 0.15) is 38.5 Å². The van der Waals surface area contributed by atoms with Crippen molar-refractivity contribution in [2.75, 3.05) is 13.1 Å². The Hall–Kier alpha value is -2.58. The Morgan fingerprint density at radius 1 is 0.696 bits per heavy atom. The first-order valence-corrected chi connectivity index (χ1v) is 7.28. The molecular weight excluding hydrogens is 308 g/mol. The van der Waals surface area contributed by atoms with E-state index in [1.54, 1.807) is 0 Å². The van der Waals surface area contributed by atoms with Gasteiger partial charge in [0, 0.05) is 38.8 Å². The maximum atomic E-state index is 11.5. The summed E-state index contributed by atoms with van der Waals surface area (Å²) in [6.45, 7) is -0.236. The van der Waals surface area contributed by atoms with Crippen molar-refractivity contribution >= 4 is 35.6 Å². The third-order valence-corrected chi connectivity index (χ3v) is 3.62. The molecule has 2 heterocycles. The normalized spacial score (nSPS) is 18.1. The van der Waals surface area contributed by atoms with Gasteiger partial charge in [0.15, 0.2) is 0 Å². The van der Waals surface area contributed by atoms with Crippen molar-refractivity contribution in [3.05, 3.63) is 0 Å². The molecule has 2 aliphatic rings. The second kappa shape index (κ2) is 7.12. The van der Waals surface area contributed by atoms with Crippen LogP contribution in [0.2, 0.25) is 0 Å². The van der Waals surface area contributed by atoms with Crippen LogP contribution >= 0.6 is 0 Å². The zero-order valence-corrected chi connectivity index (χ0v) is 12.4. The minimum absolute atomic E-state index is 0.118. The lowest BCUT2D eigenvalue weighted by atomic mass is 10.3. The summed E-state index contributed by atoms with van der Waals surface area (Å²) >= 11 is 0. The van der Waals surface area contributed by atoms with Crippen LogP contribution in [0.25, 0.3) is 0 Å². The Morgan fingerprint density at radius 3 is 1.30 bits per heavy atom. The van der Waals surface area contributed by atoms with Crippen LogP contribution in [0.3, 0.4) is 0 Å². The number of carbonyl (C=O) groups is 6. The minimum atomic E-state index is -0.860. The summed E-state index contributed by atoms with van der Waals surface area (Å²) in [6, 6.07) is 0. The molecule has 0 aromatic rings. The van der Waals surface area contributed by atoms with E-state index in [1.807, 2.05) is 0 Å². The number of rotatable bonds is 6. The summed E-state index contributed by atoms with van der Waals surface area (Å²) in [6.07, 6.45) is -0.0274. The Balaban J connectivity index is 1.69. The molecule has 2 fully saturated rings. The lowest BCUT2D eigenvalue weighted by Crippen LogP contribution is -2.33. The minimum Gasteiger partial charge on any atom is -0.393 e. The van der Waals surface area contributed by atoms with Gasteiger partial charge in [0.2, 0.25) is 23.6 Å². The largest absolute Gasteiger partial charge is 0.393 e. The summed E-state index contributed by atoms with van der Waals surface area (Å²) in [4.78, 5) is 70.3. The second-order valence-corrected chi connectivity index (χ2v) is 5.22. The van der Waals surface area contributed by atoms with Crippen molar-refractivity contribution in [2.45, 2.75) is 38.5 Å². The molecule has 0 atom stereocenters. The highest BCUT2D eigenvalue weighted by Gasteiger charge is 2.30. The van der Waals surface area contributed by atoms with E-state index in [1.165, 1.54) is 0 Å². The van der Waals surface area contributed by atoms with Crippen LogP contribution in [0, 0.1) is 0 Å². The fourth-order valence-electron chi connectivity index (χ4n) is 2.38. The van der Waals surface area contributed by atoms with E-state index in [0.717, 1.165) is 9.80 Å². The third-order valence-electron chi connectivity index (χ3n) is 3.62. The zero-order chi connectivity index (χ0) is 17.0. The van der Waals surface area contributed by atoms with Gasteiger partial charge in [-0.2, -0.15) is 0 Å². The Labute approximate surface area is 131 Å². The summed E-state index contributed by atoms with van der Waals surface area (Å²) in [5.74, 6) is -3.11. The number of nitrogens with zero attached hydrogens (tertiary/aromatic N) is 2. The van der Waals surface area contributed by atoms with Crippen LogP contribution < -0.4 is 0 Å². The molecule has 4 amide bonds. The van der Waals surface area contributed by atoms with E-state index in [2.05, 4.69) is 4.74 Å². The maximum Gasteiger partial charge on any atom is 0.315 e. The van der Waals surface area contributed by atoms with Crippen molar-refractivity contribution in [2.24, 2.45) is 0 Å². The van der Waals surface area contributed by atoms with E-state index in [4.69, 9.17) is 0 Å². The molecule has 0 N–H and O–H groups in total. The van der Waals surface area contributed by atoms with E-state index in [9.17, 15) is 28.8 Å². The van der Waals surface area contributed by atoms with Gasteiger partial charge in [-0.1, -0.05) is 0 Å². The molecule has 2 rings (SSSR count). The maximum absolute atomic E-state index is 11.5. The van der Waals surface area contributed by atoms with Gasteiger partial charge in [-0.25, -0.2) is 0 Å². The second-order valence-electron chi connectivity index (χ2n) is 5.22. The SMILES string of the molecule is O=C(CCN1C(=O)CCC1=O)OC(=O)CCN1C(=O)CCC1=O. The van der Waals surface area contributed by atoms with Crippen molar-refractivity contribution in [1.29, 1.82) is 0 Å². The van der Waals surface area contributed by atoms with E-state index in [0.29, 0.717) is 0 Å². The quantitative estimate of drug-likeness (QED) is 0.354. The van der Waals surface area contributed by atoms with Gasteiger partial charge in [0.25, 0.3) is 0 Å². The summed E-state index contributed by atoms with van der Waals surface area (Å²) in [7, 11) is 0. The average Bonchev–Trinajstić information content (AvgIpc) is 2.98. The van der Waals surface area contributed by atoms with Crippen LogP contribution in [-0.4, -0.2) is 58.5 Å². The van der Waals surface area contributed by atoms with Crippen molar-refractivity contribution in [3.63, 3.8) is 0 Å². The Bertz CT molecular complexity index is 502. The smallest absolute Gasteiger partial charge is 0.315 e.